The Morgan fingerprint density at radius 3 is 2.23 bits per heavy atom. The first-order valence-electron chi connectivity index (χ1n) is 13.6. The summed E-state index contributed by atoms with van der Waals surface area (Å²) in [5.41, 5.74) is 3.58. The fourth-order valence-electron chi connectivity index (χ4n) is 4.92. The number of nitrogens with zero attached hydrogens (tertiary/aromatic N) is 6. The van der Waals surface area contributed by atoms with Crippen LogP contribution in [0.1, 0.15) is 15.9 Å². The fourth-order valence-corrected chi connectivity index (χ4v) is 4.92. The summed E-state index contributed by atoms with van der Waals surface area (Å²) in [5, 5.41) is 8.84. The number of ether oxygens (including phenoxy) is 1. The Labute approximate surface area is 230 Å². The molecule has 2 aliphatic rings. The zero-order valence-corrected chi connectivity index (χ0v) is 22.5. The minimum absolute atomic E-state index is 0.0254. The van der Waals surface area contributed by atoms with Crippen molar-refractivity contribution in [2.45, 2.75) is 6.92 Å². The van der Waals surface area contributed by atoms with E-state index < -0.39 is 0 Å². The zero-order valence-electron chi connectivity index (χ0n) is 22.5. The molecule has 0 aliphatic carbocycles. The Morgan fingerprint density at radius 2 is 1.56 bits per heavy atom. The van der Waals surface area contributed by atoms with E-state index in [0.717, 1.165) is 42.3 Å². The number of carbonyl (C=O) groups is 2. The van der Waals surface area contributed by atoms with Crippen LogP contribution < -0.4 is 4.90 Å². The largest absolute Gasteiger partial charge is 0.379 e. The van der Waals surface area contributed by atoms with Crippen molar-refractivity contribution in [2.75, 3.05) is 77.0 Å². The van der Waals surface area contributed by atoms with Crippen molar-refractivity contribution in [3.05, 3.63) is 77.9 Å². The van der Waals surface area contributed by atoms with Crippen molar-refractivity contribution in [3.8, 4) is 11.3 Å². The molecule has 0 radical (unpaired) electrons. The van der Waals surface area contributed by atoms with E-state index >= 15 is 0 Å². The number of benzene rings is 2. The van der Waals surface area contributed by atoms with Crippen molar-refractivity contribution in [3.63, 3.8) is 0 Å². The average Bonchev–Trinajstić information content (AvgIpc) is 3.00. The van der Waals surface area contributed by atoms with Crippen molar-refractivity contribution < 1.29 is 14.3 Å². The molecule has 0 bridgehead atoms. The van der Waals surface area contributed by atoms with Crippen LogP contribution in [0, 0.1) is 6.92 Å². The highest BCUT2D eigenvalue weighted by molar-refractivity contribution is 5.96. The van der Waals surface area contributed by atoms with Crippen LogP contribution in [0.2, 0.25) is 0 Å². The number of hydrogen-bond donors (Lipinski definition) is 0. The van der Waals surface area contributed by atoms with E-state index in [1.165, 1.54) is 0 Å². The molecule has 2 saturated heterocycles. The molecule has 2 aliphatic heterocycles. The third kappa shape index (κ3) is 6.99. The monoisotopic (exact) mass is 528 g/mol. The molecule has 204 valence electrons. The van der Waals surface area contributed by atoms with Gasteiger partial charge in [-0.2, -0.15) is 0 Å². The number of piperazine rings is 1. The van der Waals surface area contributed by atoms with Gasteiger partial charge in [0.25, 0.3) is 5.91 Å². The number of amides is 2. The van der Waals surface area contributed by atoms with Crippen molar-refractivity contribution in [2.24, 2.45) is 0 Å². The van der Waals surface area contributed by atoms with Crippen molar-refractivity contribution >= 4 is 17.6 Å². The first-order chi connectivity index (χ1) is 19.1. The molecule has 1 aromatic heterocycles. The fraction of sp³-hybridized carbons (Fsp3) is 0.400. The smallest absolute Gasteiger partial charge is 0.254 e. The molecule has 5 rings (SSSR count). The standard InChI is InChI=1S/C30H36N6O3/c1-24-7-9-26(10-8-24)30(38)36(14-13-33-19-21-39-22-20-33)23-29(37)35-17-15-34(16-18-35)28-12-11-27(31-32-28)25-5-3-2-4-6-25/h2-12H,13-23H2,1H3. The van der Waals surface area contributed by atoms with Gasteiger partial charge in [0, 0.05) is 63.5 Å². The molecule has 9 nitrogen and oxygen atoms in total. The third-order valence-electron chi connectivity index (χ3n) is 7.38. The molecule has 2 aromatic carbocycles. The molecule has 3 aromatic rings. The topological polar surface area (TPSA) is 82.1 Å². The van der Waals surface area contributed by atoms with E-state index in [2.05, 4.69) is 20.0 Å². The van der Waals surface area contributed by atoms with Crippen LogP contribution in [-0.4, -0.2) is 109 Å². The van der Waals surface area contributed by atoms with Gasteiger partial charge in [-0.25, -0.2) is 0 Å². The number of anilines is 1. The van der Waals surface area contributed by atoms with Gasteiger partial charge in [0.1, 0.15) is 6.54 Å². The molecule has 39 heavy (non-hydrogen) atoms. The summed E-state index contributed by atoms with van der Waals surface area (Å²) in [4.78, 5) is 34.7. The van der Waals surface area contributed by atoms with E-state index in [0.29, 0.717) is 51.5 Å². The van der Waals surface area contributed by atoms with E-state index in [9.17, 15) is 9.59 Å². The highest BCUT2D eigenvalue weighted by Crippen LogP contribution is 2.19. The maximum atomic E-state index is 13.4. The van der Waals surface area contributed by atoms with Gasteiger partial charge < -0.3 is 19.4 Å². The second kappa shape index (κ2) is 12.8. The minimum atomic E-state index is -0.107. The van der Waals surface area contributed by atoms with Crippen molar-refractivity contribution in [1.82, 2.24) is 24.9 Å². The maximum absolute atomic E-state index is 13.4. The second-order valence-corrected chi connectivity index (χ2v) is 10.1. The number of aromatic nitrogens is 2. The Bertz CT molecular complexity index is 1220. The molecule has 0 unspecified atom stereocenters. The molecule has 3 heterocycles. The van der Waals surface area contributed by atoms with Gasteiger partial charge in [-0.15, -0.1) is 10.2 Å². The molecular weight excluding hydrogens is 492 g/mol. The van der Waals surface area contributed by atoms with E-state index in [1.54, 1.807) is 4.90 Å². The SMILES string of the molecule is Cc1ccc(C(=O)N(CCN2CCOCC2)CC(=O)N2CCN(c3ccc(-c4ccccc4)nn3)CC2)cc1. The van der Waals surface area contributed by atoms with Gasteiger partial charge in [0.05, 0.1) is 18.9 Å². The van der Waals surface area contributed by atoms with Crippen LogP contribution in [-0.2, 0) is 9.53 Å². The summed E-state index contributed by atoms with van der Waals surface area (Å²) in [6.45, 7) is 8.89. The molecule has 2 fully saturated rings. The van der Waals surface area contributed by atoms with Crippen LogP contribution in [0.15, 0.2) is 66.7 Å². The van der Waals surface area contributed by atoms with Crippen LogP contribution >= 0.6 is 0 Å². The van der Waals surface area contributed by atoms with Gasteiger partial charge in [-0.3, -0.25) is 14.5 Å². The van der Waals surface area contributed by atoms with Gasteiger partial charge in [0.15, 0.2) is 5.82 Å². The van der Waals surface area contributed by atoms with Gasteiger partial charge in [0.2, 0.25) is 5.91 Å². The Hall–Kier alpha value is -3.82. The summed E-state index contributed by atoms with van der Waals surface area (Å²) >= 11 is 0. The molecule has 0 saturated carbocycles. The lowest BCUT2D eigenvalue weighted by Crippen LogP contribution is -2.53. The van der Waals surface area contributed by atoms with Gasteiger partial charge >= 0.3 is 0 Å². The quantitative estimate of drug-likeness (QED) is 0.445. The van der Waals surface area contributed by atoms with Crippen molar-refractivity contribution in [1.29, 1.82) is 0 Å². The lowest BCUT2D eigenvalue weighted by atomic mass is 10.1. The number of aryl methyl sites for hydroxylation is 1. The molecule has 0 N–H and O–H groups in total. The average molecular weight is 529 g/mol. The van der Waals surface area contributed by atoms with E-state index in [-0.39, 0.29) is 18.4 Å². The molecule has 0 spiro atoms. The highest BCUT2D eigenvalue weighted by Gasteiger charge is 2.26. The molecule has 9 heteroatoms. The third-order valence-corrected chi connectivity index (χ3v) is 7.38. The Kier molecular flexibility index (Phi) is 8.80. The molecule has 0 atom stereocenters. The normalized spacial score (nSPS) is 16.2. The second-order valence-electron chi connectivity index (χ2n) is 10.1. The predicted molar refractivity (Wildman–Crippen MR) is 151 cm³/mol. The highest BCUT2D eigenvalue weighted by atomic mass is 16.5. The lowest BCUT2D eigenvalue weighted by molar-refractivity contribution is -0.132. The van der Waals surface area contributed by atoms with Crippen LogP contribution in [0.25, 0.3) is 11.3 Å². The summed E-state index contributed by atoms with van der Waals surface area (Å²) in [6, 6.07) is 21.5. The number of morpholine rings is 1. The minimum Gasteiger partial charge on any atom is -0.379 e. The molecule has 2 amide bonds. The lowest BCUT2D eigenvalue weighted by Gasteiger charge is -2.36. The molecular formula is C30H36N6O3. The first kappa shape index (κ1) is 26.8. The van der Waals surface area contributed by atoms with Crippen LogP contribution in [0.5, 0.6) is 0 Å². The zero-order chi connectivity index (χ0) is 27.0. The number of hydrogen-bond acceptors (Lipinski definition) is 7. The summed E-state index contributed by atoms with van der Waals surface area (Å²) in [6.07, 6.45) is 0. The van der Waals surface area contributed by atoms with E-state index in [1.807, 2.05) is 78.6 Å². The van der Waals surface area contributed by atoms with Gasteiger partial charge in [-0.05, 0) is 31.2 Å². The predicted octanol–water partition coefficient (Wildman–Crippen LogP) is 2.58. The summed E-state index contributed by atoms with van der Waals surface area (Å²) in [7, 11) is 0. The maximum Gasteiger partial charge on any atom is 0.254 e. The van der Waals surface area contributed by atoms with Gasteiger partial charge in [-0.1, -0.05) is 48.0 Å². The van der Waals surface area contributed by atoms with Crippen LogP contribution in [0.4, 0.5) is 5.82 Å². The number of carbonyl (C=O) groups excluding carboxylic acids is 2. The Balaban J connectivity index is 1.18. The number of rotatable bonds is 8. The van der Waals surface area contributed by atoms with Crippen LogP contribution in [0.3, 0.4) is 0 Å². The summed E-state index contributed by atoms with van der Waals surface area (Å²) in [5.74, 6) is 0.676. The summed E-state index contributed by atoms with van der Waals surface area (Å²) < 4.78 is 5.45. The Morgan fingerprint density at radius 1 is 0.846 bits per heavy atom. The van der Waals surface area contributed by atoms with E-state index in [4.69, 9.17) is 4.74 Å². The first-order valence-corrected chi connectivity index (χ1v) is 13.6.